The van der Waals surface area contributed by atoms with E-state index in [-0.39, 0.29) is 0 Å². The third-order valence-corrected chi connectivity index (χ3v) is 3.69. The minimum Gasteiger partial charge on any atom is -0.328 e. The quantitative estimate of drug-likeness (QED) is 0.585. The predicted octanol–water partition coefficient (Wildman–Crippen LogP) is 1.74. The predicted molar refractivity (Wildman–Crippen MR) is 51.5 cm³/mol. The Bertz CT molecular complexity index is 200. The van der Waals surface area contributed by atoms with Crippen molar-refractivity contribution in [3.63, 3.8) is 0 Å². The van der Waals surface area contributed by atoms with Gasteiger partial charge in [-0.3, -0.25) is 4.99 Å². The number of hydrogen-bond donors (Lipinski definition) is 1. The third-order valence-electron chi connectivity index (χ3n) is 3.69. The fourth-order valence-electron chi connectivity index (χ4n) is 2.59. The van der Waals surface area contributed by atoms with Gasteiger partial charge in [-0.05, 0) is 39.0 Å². The van der Waals surface area contributed by atoms with Gasteiger partial charge in [-0.2, -0.15) is 0 Å². The highest BCUT2D eigenvalue weighted by atomic mass is 14.8. The smallest absolute Gasteiger partial charge is 0.0397 e. The van der Waals surface area contributed by atoms with Gasteiger partial charge in [0.1, 0.15) is 0 Å². The Morgan fingerprint density at radius 3 is 2.50 bits per heavy atom. The highest BCUT2D eigenvalue weighted by Gasteiger charge is 2.38. The summed E-state index contributed by atoms with van der Waals surface area (Å²) in [4.78, 5) is 4.51. The number of nitrogens with zero attached hydrogens (tertiary/aromatic N) is 1. The maximum absolute atomic E-state index is 5.89. The zero-order valence-corrected chi connectivity index (χ0v) is 7.84. The van der Waals surface area contributed by atoms with Crippen LogP contribution < -0.4 is 5.73 Å². The SMILES string of the molecule is CC1=NCCC12CCC(N)CC2. The number of nitrogens with two attached hydrogens (primary N) is 1. The maximum atomic E-state index is 5.89. The summed E-state index contributed by atoms with van der Waals surface area (Å²) in [5, 5.41) is 0. The molecular formula is C10H18N2. The van der Waals surface area contributed by atoms with Crippen LogP contribution in [-0.4, -0.2) is 18.3 Å². The van der Waals surface area contributed by atoms with Gasteiger partial charge in [0, 0.05) is 23.7 Å². The zero-order chi connectivity index (χ0) is 8.60. The van der Waals surface area contributed by atoms with Gasteiger partial charge in [0.25, 0.3) is 0 Å². The van der Waals surface area contributed by atoms with Crippen molar-refractivity contribution in [2.45, 2.75) is 45.1 Å². The second-order valence-electron chi connectivity index (χ2n) is 4.33. The summed E-state index contributed by atoms with van der Waals surface area (Å²) < 4.78 is 0. The van der Waals surface area contributed by atoms with E-state index < -0.39 is 0 Å². The molecule has 0 radical (unpaired) electrons. The van der Waals surface area contributed by atoms with Crippen LogP contribution in [0.1, 0.15) is 39.0 Å². The lowest BCUT2D eigenvalue weighted by Crippen LogP contribution is -2.36. The molecular weight excluding hydrogens is 148 g/mol. The molecule has 0 amide bonds. The Labute approximate surface area is 74.2 Å². The van der Waals surface area contributed by atoms with E-state index in [0.717, 1.165) is 6.54 Å². The summed E-state index contributed by atoms with van der Waals surface area (Å²) in [6, 6.07) is 0.462. The van der Waals surface area contributed by atoms with Crippen molar-refractivity contribution in [3.05, 3.63) is 0 Å². The highest BCUT2D eigenvalue weighted by Crippen LogP contribution is 2.42. The van der Waals surface area contributed by atoms with Gasteiger partial charge in [-0.1, -0.05) is 0 Å². The lowest BCUT2D eigenvalue weighted by atomic mass is 9.69. The molecule has 0 unspecified atom stereocenters. The van der Waals surface area contributed by atoms with Crippen molar-refractivity contribution < 1.29 is 0 Å². The minimum atomic E-state index is 0.462. The standard InChI is InChI=1S/C10H18N2/c1-8-10(6-7-12-8)4-2-9(11)3-5-10/h9H,2-7,11H2,1H3. The molecule has 2 nitrogen and oxygen atoms in total. The lowest BCUT2D eigenvalue weighted by Gasteiger charge is -2.36. The summed E-state index contributed by atoms with van der Waals surface area (Å²) in [5.74, 6) is 0. The molecule has 68 valence electrons. The van der Waals surface area contributed by atoms with Crippen molar-refractivity contribution in [2.75, 3.05) is 6.54 Å². The number of aliphatic imine (C=N–C) groups is 1. The van der Waals surface area contributed by atoms with Crippen LogP contribution in [-0.2, 0) is 0 Å². The molecule has 12 heavy (non-hydrogen) atoms. The lowest BCUT2D eigenvalue weighted by molar-refractivity contribution is 0.260. The van der Waals surface area contributed by atoms with E-state index in [4.69, 9.17) is 5.73 Å². The Morgan fingerprint density at radius 2 is 2.00 bits per heavy atom. The van der Waals surface area contributed by atoms with Crippen molar-refractivity contribution >= 4 is 5.71 Å². The molecule has 1 aliphatic carbocycles. The molecule has 1 spiro atoms. The van der Waals surface area contributed by atoms with Gasteiger partial charge in [0.2, 0.25) is 0 Å². The molecule has 0 aromatic rings. The van der Waals surface area contributed by atoms with Gasteiger partial charge >= 0.3 is 0 Å². The van der Waals surface area contributed by atoms with Crippen molar-refractivity contribution in [3.8, 4) is 0 Å². The molecule has 2 heteroatoms. The van der Waals surface area contributed by atoms with Crippen LogP contribution in [0.15, 0.2) is 4.99 Å². The molecule has 1 saturated carbocycles. The van der Waals surface area contributed by atoms with Gasteiger partial charge in [-0.25, -0.2) is 0 Å². The van der Waals surface area contributed by atoms with E-state index >= 15 is 0 Å². The fourth-order valence-corrected chi connectivity index (χ4v) is 2.59. The first-order chi connectivity index (χ1) is 5.73. The number of hydrogen-bond acceptors (Lipinski definition) is 2. The average Bonchev–Trinajstić information content (AvgIpc) is 2.41. The van der Waals surface area contributed by atoms with Gasteiger partial charge in [-0.15, -0.1) is 0 Å². The van der Waals surface area contributed by atoms with Crippen molar-refractivity contribution in [1.29, 1.82) is 0 Å². The van der Waals surface area contributed by atoms with Crippen LogP contribution in [0.5, 0.6) is 0 Å². The van der Waals surface area contributed by atoms with Crippen LogP contribution in [0, 0.1) is 5.41 Å². The molecule has 1 fully saturated rings. The zero-order valence-electron chi connectivity index (χ0n) is 7.84. The fraction of sp³-hybridized carbons (Fsp3) is 0.900. The van der Waals surface area contributed by atoms with E-state index in [1.165, 1.54) is 37.8 Å². The van der Waals surface area contributed by atoms with E-state index in [1.807, 2.05) is 0 Å². The van der Waals surface area contributed by atoms with E-state index in [1.54, 1.807) is 0 Å². The normalized spacial score (nSPS) is 41.8. The molecule has 0 aromatic carbocycles. The first kappa shape index (κ1) is 8.24. The molecule has 2 aliphatic rings. The summed E-state index contributed by atoms with van der Waals surface area (Å²) in [6.45, 7) is 3.25. The van der Waals surface area contributed by atoms with E-state index in [9.17, 15) is 0 Å². The summed E-state index contributed by atoms with van der Waals surface area (Å²) in [6.07, 6.45) is 6.25. The molecule has 2 rings (SSSR count). The molecule has 1 heterocycles. The van der Waals surface area contributed by atoms with Crippen molar-refractivity contribution in [1.82, 2.24) is 0 Å². The van der Waals surface area contributed by atoms with E-state index in [0.29, 0.717) is 11.5 Å². The average molecular weight is 166 g/mol. The monoisotopic (exact) mass is 166 g/mol. The summed E-state index contributed by atoms with van der Waals surface area (Å²) in [7, 11) is 0. The highest BCUT2D eigenvalue weighted by molar-refractivity contribution is 5.89. The molecule has 0 saturated heterocycles. The number of rotatable bonds is 0. The second kappa shape index (κ2) is 2.84. The van der Waals surface area contributed by atoms with Crippen LogP contribution in [0.2, 0.25) is 0 Å². The first-order valence-electron chi connectivity index (χ1n) is 5.00. The first-order valence-corrected chi connectivity index (χ1v) is 5.00. The van der Waals surface area contributed by atoms with Crippen LogP contribution in [0.4, 0.5) is 0 Å². The molecule has 0 aromatic heterocycles. The second-order valence-corrected chi connectivity index (χ2v) is 4.33. The topological polar surface area (TPSA) is 38.4 Å². The van der Waals surface area contributed by atoms with Gasteiger partial charge in [0.15, 0.2) is 0 Å². The van der Waals surface area contributed by atoms with Crippen LogP contribution in [0.3, 0.4) is 0 Å². The van der Waals surface area contributed by atoms with E-state index in [2.05, 4.69) is 11.9 Å². The van der Waals surface area contributed by atoms with Gasteiger partial charge in [0.05, 0.1) is 0 Å². The summed E-state index contributed by atoms with van der Waals surface area (Å²) >= 11 is 0. The Kier molecular flexibility index (Phi) is 1.95. The van der Waals surface area contributed by atoms with Crippen LogP contribution in [0.25, 0.3) is 0 Å². The molecule has 1 aliphatic heterocycles. The third kappa shape index (κ3) is 1.18. The Balaban J connectivity index is 2.08. The Hall–Kier alpha value is -0.370. The maximum Gasteiger partial charge on any atom is 0.0397 e. The molecule has 2 N–H and O–H groups in total. The van der Waals surface area contributed by atoms with Gasteiger partial charge < -0.3 is 5.73 Å². The van der Waals surface area contributed by atoms with Crippen molar-refractivity contribution in [2.24, 2.45) is 16.1 Å². The molecule has 0 atom stereocenters. The minimum absolute atomic E-state index is 0.462. The molecule has 0 bridgehead atoms. The summed E-state index contributed by atoms with van der Waals surface area (Å²) in [5.41, 5.74) is 7.77. The van der Waals surface area contributed by atoms with Crippen LogP contribution >= 0.6 is 0 Å². The largest absolute Gasteiger partial charge is 0.328 e. The Morgan fingerprint density at radius 1 is 1.33 bits per heavy atom.